The zero-order chi connectivity index (χ0) is 14.0. The topological polar surface area (TPSA) is 53.5 Å². The molecule has 1 aromatic carbocycles. The van der Waals surface area contributed by atoms with Crippen molar-refractivity contribution in [2.24, 2.45) is 10.9 Å². The third kappa shape index (κ3) is 3.23. The van der Waals surface area contributed by atoms with E-state index in [4.69, 9.17) is 11.6 Å². The number of aliphatic imine (C=N–C) groups is 1. The van der Waals surface area contributed by atoms with Crippen LogP contribution in [0.3, 0.4) is 0 Å². The molecule has 1 aliphatic heterocycles. The molecule has 1 fully saturated rings. The number of amides is 1. The number of nitrogens with zero attached hydrogens (tertiary/aromatic N) is 1. The summed E-state index contributed by atoms with van der Waals surface area (Å²) in [7, 11) is 0. The summed E-state index contributed by atoms with van der Waals surface area (Å²) in [5.74, 6) is 0.0443. The Bertz CT molecular complexity index is 531. The van der Waals surface area contributed by atoms with Gasteiger partial charge in [0.25, 0.3) is 5.91 Å². The van der Waals surface area contributed by atoms with Crippen molar-refractivity contribution >= 4 is 23.5 Å². The minimum Gasteiger partial charge on any atom is -0.340 e. The van der Waals surface area contributed by atoms with Crippen LogP contribution in [0.2, 0.25) is 5.02 Å². The van der Waals surface area contributed by atoms with E-state index >= 15 is 0 Å². The maximum Gasteiger partial charge on any atom is 0.253 e. The molecule has 1 heterocycles. The standard InChI is InChI=1S/C13H15ClFN3O/c1-7(2)6-16-13-17-11(12(19)18-13)8-3-4-9(14)10(15)5-8/h3-5,7,11H,6H2,1-2H3,(H2,16,17,18,19). The van der Waals surface area contributed by atoms with Gasteiger partial charge in [-0.15, -0.1) is 0 Å². The van der Waals surface area contributed by atoms with Gasteiger partial charge in [0.1, 0.15) is 11.9 Å². The number of carbonyl (C=O) groups is 1. The van der Waals surface area contributed by atoms with Crippen molar-refractivity contribution in [3.63, 3.8) is 0 Å². The van der Waals surface area contributed by atoms with Crippen LogP contribution in [0.25, 0.3) is 0 Å². The van der Waals surface area contributed by atoms with Gasteiger partial charge in [0.2, 0.25) is 0 Å². The Morgan fingerprint density at radius 1 is 1.47 bits per heavy atom. The number of rotatable bonds is 3. The summed E-state index contributed by atoms with van der Waals surface area (Å²) < 4.78 is 13.4. The second kappa shape index (κ2) is 5.57. The van der Waals surface area contributed by atoms with Crippen LogP contribution in [0.1, 0.15) is 25.5 Å². The molecule has 1 aromatic rings. The second-order valence-corrected chi connectivity index (χ2v) is 5.23. The Morgan fingerprint density at radius 2 is 2.21 bits per heavy atom. The lowest BCUT2D eigenvalue weighted by Crippen LogP contribution is -2.26. The van der Waals surface area contributed by atoms with E-state index in [1.165, 1.54) is 12.1 Å². The number of nitrogens with one attached hydrogen (secondary N) is 2. The van der Waals surface area contributed by atoms with E-state index in [2.05, 4.69) is 15.6 Å². The summed E-state index contributed by atoms with van der Waals surface area (Å²) in [6.45, 7) is 4.68. The minimum atomic E-state index is -0.627. The predicted molar refractivity (Wildman–Crippen MR) is 72.6 cm³/mol. The fourth-order valence-electron chi connectivity index (χ4n) is 1.71. The van der Waals surface area contributed by atoms with Crippen molar-refractivity contribution in [1.29, 1.82) is 0 Å². The summed E-state index contributed by atoms with van der Waals surface area (Å²) in [5, 5.41) is 5.61. The highest BCUT2D eigenvalue weighted by atomic mass is 35.5. The summed E-state index contributed by atoms with van der Waals surface area (Å²) in [6.07, 6.45) is 0. The van der Waals surface area contributed by atoms with Gasteiger partial charge >= 0.3 is 0 Å². The number of hydrogen-bond donors (Lipinski definition) is 2. The molecule has 1 saturated heterocycles. The van der Waals surface area contributed by atoms with Crippen molar-refractivity contribution in [2.45, 2.75) is 19.9 Å². The summed E-state index contributed by atoms with van der Waals surface area (Å²) in [4.78, 5) is 16.1. The normalized spacial score (nSPS) is 20.8. The maximum absolute atomic E-state index is 13.4. The van der Waals surface area contributed by atoms with Gasteiger partial charge in [0, 0.05) is 6.54 Å². The Labute approximate surface area is 116 Å². The highest BCUT2D eigenvalue weighted by Gasteiger charge is 2.30. The van der Waals surface area contributed by atoms with E-state index in [9.17, 15) is 9.18 Å². The molecule has 1 amide bonds. The van der Waals surface area contributed by atoms with Crippen LogP contribution in [0, 0.1) is 11.7 Å². The molecule has 0 aromatic heterocycles. The van der Waals surface area contributed by atoms with Crippen LogP contribution < -0.4 is 10.6 Å². The van der Waals surface area contributed by atoms with Gasteiger partial charge in [-0.3, -0.25) is 15.1 Å². The molecule has 1 aliphatic rings. The van der Waals surface area contributed by atoms with E-state index in [-0.39, 0.29) is 10.9 Å². The number of carbonyl (C=O) groups excluding carboxylic acids is 1. The molecule has 1 unspecified atom stereocenters. The maximum atomic E-state index is 13.4. The van der Waals surface area contributed by atoms with Crippen molar-refractivity contribution in [3.05, 3.63) is 34.6 Å². The lowest BCUT2D eigenvalue weighted by molar-refractivity contribution is -0.120. The van der Waals surface area contributed by atoms with Gasteiger partial charge in [-0.2, -0.15) is 0 Å². The zero-order valence-electron chi connectivity index (χ0n) is 10.7. The average Bonchev–Trinajstić information content (AvgIpc) is 2.72. The SMILES string of the molecule is CC(C)CN=C1NC(=O)C(c2ccc(Cl)c(F)c2)N1. The minimum absolute atomic E-state index is 0.0378. The van der Waals surface area contributed by atoms with Crippen molar-refractivity contribution < 1.29 is 9.18 Å². The predicted octanol–water partition coefficient (Wildman–Crippen LogP) is 2.25. The smallest absolute Gasteiger partial charge is 0.253 e. The van der Waals surface area contributed by atoms with Gasteiger partial charge in [-0.25, -0.2) is 4.39 Å². The molecule has 102 valence electrons. The van der Waals surface area contributed by atoms with Crippen LogP contribution in [-0.2, 0) is 4.79 Å². The largest absolute Gasteiger partial charge is 0.340 e. The van der Waals surface area contributed by atoms with Crippen molar-refractivity contribution in [3.8, 4) is 0 Å². The van der Waals surface area contributed by atoms with E-state index in [0.717, 1.165) is 0 Å². The van der Waals surface area contributed by atoms with Crippen LogP contribution in [-0.4, -0.2) is 18.4 Å². The first kappa shape index (κ1) is 13.8. The third-order valence-electron chi connectivity index (χ3n) is 2.68. The molecule has 0 aliphatic carbocycles. The Balaban J connectivity index is 2.15. The number of halogens is 2. The molecular formula is C13H15ClFN3O. The molecule has 0 radical (unpaired) electrons. The number of hydrogen-bond acceptors (Lipinski definition) is 2. The lowest BCUT2D eigenvalue weighted by atomic mass is 10.1. The quantitative estimate of drug-likeness (QED) is 0.894. The van der Waals surface area contributed by atoms with E-state index in [1.54, 1.807) is 6.07 Å². The van der Waals surface area contributed by atoms with Gasteiger partial charge in [-0.05, 0) is 23.6 Å². The van der Waals surface area contributed by atoms with E-state index in [1.807, 2.05) is 13.8 Å². The monoisotopic (exact) mass is 283 g/mol. The van der Waals surface area contributed by atoms with Crippen molar-refractivity contribution in [1.82, 2.24) is 10.6 Å². The number of benzene rings is 1. The third-order valence-corrected chi connectivity index (χ3v) is 2.98. The summed E-state index contributed by atoms with van der Waals surface area (Å²) in [5.41, 5.74) is 0.522. The van der Waals surface area contributed by atoms with E-state index < -0.39 is 11.9 Å². The molecule has 0 bridgehead atoms. The number of guanidine groups is 1. The summed E-state index contributed by atoms with van der Waals surface area (Å²) in [6, 6.07) is 3.68. The van der Waals surface area contributed by atoms with Gasteiger partial charge in [0.15, 0.2) is 5.96 Å². The van der Waals surface area contributed by atoms with E-state index in [0.29, 0.717) is 24.0 Å². The fourth-order valence-corrected chi connectivity index (χ4v) is 1.83. The molecule has 1 atom stereocenters. The van der Waals surface area contributed by atoms with Crippen LogP contribution in [0.5, 0.6) is 0 Å². The summed E-state index contributed by atoms with van der Waals surface area (Å²) >= 11 is 5.62. The molecule has 0 saturated carbocycles. The molecule has 0 spiro atoms. The molecule has 4 nitrogen and oxygen atoms in total. The molecule has 6 heteroatoms. The molecule has 2 N–H and O–H groups in total. The van der Waals surface area contributed by atoms with Gasteiger partial charge < -0.3 is 5.32 Å². The van der Waals surface area contributed by atoms with Gasteiger partial charge in [-0.1, -0.05) is 31.5 Å². The first-order chi connectivity index (χ1) is 8.97. The second-order valence-electron chi connectivity index (χ2n) is 4.82. The lowest BCUT2D eigenvalue weighted by Gasteiger charge is -2.08. The highest BCUT2D eigenvalue weighted by molar-refractivity contribution is 6.30. The van der Waals surface area contributed by atoms with Crippen LogP contribution in [0.15, 0.2) is 23.2 Å². The van der Waals surface area contributed by atoms with Crippen LogP contribution in [0.4, 0.5) is 4.39 Å². The Kier molecular flexibility index (Phi) is 4.04. The molecule has 2 rings (SSSR count). The van der Waals surface area contributed by atoms with Crippen molar-refractivity contribution in [2.75, 3.05) is 6.54 Å². The highest BCUT2D eigenvalue weighted by Crippen LogP contribution is 2.22. The molecule has 19 heavy (non-hydrogen) atoms. The molecular weight excluding hydrogens is 269 g/mol. The Hall–Kier alpha value is -1.62. The van der Waals surface area contributed by atoms with Gasteiger partial charge in [0.05, 0.1) is 5.02 Å². The average molecular weight is 284 g/mol. The van der Waals surface area contributed by atoms with Crippen LogP contribution >= 0.6 is 11.6 Å². The Morgan fingerprint density at radius 3 is 2.84 bits per heavy atom. The fraction of sp³-hybridized carbons (Fsp3) is 0.385. The zero-order valence-corrected chi connectivity index (χ0v) is 11.5. The first-order valence-corrected chi connectivity index (χ1v) is 6.42. The first-order valence-electron chi connectivity index (χ1n) is 6.04.